The van der Waals surface area contributed by atoms with Crippen molar-refractivity contribution in [3.8, 4) is 0 Å². The van der Waals surface area contributed by atoms with Crippen molar-refractivity contribution in [3.05, 3.63) is 0 Å². The molecule has 5 aliphatic rings. The molecule has 3 heteroatoms. The second-order valence-electron chi connectivity index (χ2n) is 12.6. The van der Waals surface area contributed by atoms with Gasteiger partial charge in [-0.1, -0.05) is 27.7 Å². The molecule has 168 valence electrons. The molecule has 0 spiro atoms. The Hall–Kier alpha value is -0.700. The molecular weight excluding hydrogens is 370 g/mol. The van der Waals surface area contributed by atoms with Crippen molar-refractivity contribution >= 4 is 11.5 Å². The number of carbonyl (C=O) groups is 1. The molecule has 0 aromatic rings. The second kappa shape index (κ2) is 7.42. The average Bonchev–Trinajstić information content (AvgIpc) is 3.05. The number of Topliss-reactive ketones (excluding diaryl/α,β-unsaturated/α-hetero) is 1. The van der Waals surface area contributed by atoms with Crippen LogP contribution in [0.2, 0.25) is 0 Å². The summed E-state index contributed by atoms with van der Waals surface area (Å²) in [4.78, 5) is 17.6. The van der Waals surface area contributed by atoms with Crippen LogP contribution in [0, 0.1) is 52.3 Å². The molecule has 30 heavy (non-hydrogen) atoms. The van der Waals surface area contributed by atoms with Crippen molar-refractivity contribution in [1.82, 2.24) is 0 Å². The Kier molecular flexibility index (Phi) is 5.24. The molecular formula is C27H43NO2. The van der Waals surface area contributed by atoms with Crippen molar-refractivity contribution in [3.63, 3.8) is 0 Å². The quantitative estimate of drug-likeness (QED) is 0.632. The molecule has 0 bridgehead atoms. The number of fused-ring (bicyclic) bond motifs is 5. The van der Waals surface area contributed by atoms with Crippen molar-refractivity contribution in [1.29, 1.82) is 0 Å². The molecule has 3 nitrogen and oxygen atoms in total. The number of nitrogens with zero attached hydrogens (tertiary/aromatic N) is 1. The van der Waals surface area contributed by atoms with Gasteiger partial charge in [-0.05, 0) is 104 Å². The van der Waals surface area contributed by atoms with E-state index in [-0.39, 0.29) is 6.10 Å². The zero-order valence-electron chi connectivity index (χ0n) is 19.7. The average molecular weight is 414 g/mol. The second-order valence-corrected chi connectivity index (χ2v) is 12.6. The minimum absolute atomic E-state index is 0.0540. The van der Waals surface area contributed by atoms with E-state index in [9.17, 15) is 9.90 Å². The zero-order chi connectivity index (χ0) is 21.3. The molecule has 0 unspecified atom stereocenters. The highest BCUT2D eigenvalue weighted by molar-refractivity contribution is 6.41. The van der Waals surface area contributed by atoms with Gasteiger partial charge >= 0.3 is 0 Å². The molecule has 1 aliphatic heterocycles. The summed E-state index contributed by atoms with van der Waals surface area (Å²) in [5, 5.41) is 10.3. The van der Waals surface area contributed by atoms with Crippen molar-refractivity contribution in [2.45, 2.75) is 98.0 Å². The molecule has 10 atom stereocenters. The van der Waals surface area contributed by atoms with Crippen LogP contribution in [0.5, 0.6) is 0 Å². The Morgan fingerprint density at radius 1 is 1.00 bits per heavy atom. The van der Waals surface area contributed by atoms with Crippen LogP contribution in [-0.2, 0) is 4.79 Å². The summed E-state index contributed by atoms with van der Waals surface area (Å²) in [6.45, 7) is 10.5. The predicted molar refractivity (Wildman–Crippen MR) is 121 cm³/mol. The van der Waals surface area contributed by atoms with Gasteiger partial charge < -0.3 is 5.11 Å². The molecule has 0 aromatic heterocycles. The van der Waals surface area contributed by atoms with Gasteiger partial charge in [0.2, 0.25) is 0 Å². The molecule has 0 saturated heterocycles. The number of rotatable bonds is 2. The van der Waals surface area contributed by atoms with Crippen LogP contribution >= 0.6 is 0 Å². The summed E-state index contributed by atoms with van der Waals surface area (Å²) in [6, 6.07) is 0. The Labute approximate surface area is 183 Å². The van der Waals surface area contributed by atoms with Crippen LogP contribution in [0.4, 0.5) is 0 Å². The van der Waals surface area contributed by atoms with Crippen molar-refractivity contribution in [2.75, 3.05) is 6.54 Å². The van der Waals surface area contributed by atoms with Crippen molar-refractivity contribution < 1.29 is 9.90 Å². The number of hydrogen-bond acceptors (Lipinski definition) is 3. The van der Waals surface area contributed by atoms with E-state index in [1.807, 2.05) is 0 Å². The van der Waals surface area contributed by atoms with Gasteiger partial charge in [0.1, 0.15) is 0 Å². The van der Waals surface area contributed by atoms with Gasteiger partial charge in [-0.3, -0.25) is 9.79 Å². The van der Waals surface area contributed by atoms with Gasteiger partial charge in [0.05, 0.1) is 11.8 Å². The normalized spacial score (nSPS) is 52.1. The van der Waals surface area contributed by atoms with Gasteiger partial charge in [0.15, 0.2) is 5.78 Å². The van der Waals surface area contributed by atoms with E-state index in [1.165, 1.54) is 44.9 Å². The zero-order valence-corrected chi connectivity index (χ0v) is 19.7. The van der Waals surface area contributed by atoms with Crippen LogP contribution in [0.15, 0.2) is 4.99 Å². The number of ketones is 1. The fourth-order valence-electron chi connectivity index (χ4n) is 9.51. The molecule has 5 rings (SSSR count). The maximum atomic E-state index is 12.8. The first-order valence-electron chi connectivity index (χ1n) is 13.0. The third-order valence-corrected chi connectivity index (χ3v) is 11.1. The third-order valence-electron chi connectivity index (χ3n) is 11.1. The first-order valence-corrected chi connectivity index (χ1v) is 13.0. The smallest absolute Gasteiger partial charge is 0.177 e. The van der Waals surface area contributed by atoms with Crippen molar-refractivity contribution in [2.24, 2.45) is 57.2 Å². The molecule has 4 saturated carbocycles. The number of aliphatic hydroxyl groups is 1. The predicted octanol–water partition coefficient (Wildman–Crippen LogP) is 5.69. The Morgan fingerprint density at radius 2 is 1.73 bits per heavy atom. The van der Waals surface area contributed by atoms with Gasteiger partial charge in [-0.15, -0.1) is 0 Å². The molecule has 0 aromatic carbocycles. The number of carbonyl (C=O) groups excluding carboxylic acids is 1. The highest BCUT2D eigenvalue weighted by atomic mass is 16.3. The Morgan fingerprint density at radius 3 is 2.50 bits per heavy atom. The van der Waals surface area contributed by atoms with E-state index in [4.69, 9.17) is 4.99 Å². The fourth-order valence-corrected chi connectivity index (χ4v) is 9.51. The van der Waals surface area contributed by atoms with Crippen LogP contribution < -0.4 is 0 Å². The van der Waals surface area contributed by atoms with Crippen LogP contribution in [0.3, 0.4) is 0 Å². The standard InChI is InChI=1S/C27H43NO2/c1-16-13-24(30)25(28-15-16)17(2)21-7-8-22-20-6-5-18-14-19(29)9-11-26(18,3)23(20)10-12-27(21,22)4/h16-23,29H,5-15H2,1-4H3/t16-,17+,18+,19+,20+,21-,22+,23+,26+,27-/m1/s1. The Bertz CT molecular complexity index is 730. The molecule has 1 heterocycles. The minimum Gasteiger partial charge on any atom is -0.393 e. The monoisotopic (exact) mass is 413 g/mol. The van der Waals surface area contributed by atoms with Gasteiger partial charge in [-0.2, -0.15) is 0 Å². The first-order chi connectivity index (χ1) is 14.2. The summed E-state index contributed by atoms with van der Waals surface area (Å²) < 4.78 is 0. The lowest BCUT2D eigenvalue weighted by atomic mass is 9.44. The topological polar surface area (TPSA) is 49.7 Å². The number of aliphatic hydroxyl groups excluding tert-OH is 1. The highest BCUT2D eigenvalue weighted by Crippen LogP contribution is 2.68. The lowest BCUT2D eigenvalue weighted by Crippen LogP contribution is -2.54. The van der Waals surface area contributed by atoms with E-state index >= 15 is 0 Å². The van der Waals surface area contributed by atoms with E-state index < -0.39 is 0 Å². The van der Waals surface area contributed by atoms with Crippen LogP contribution in [0.1, 0.15) is 91.9 Å². The summed E-state index contributed by atoms with van der Waals surface area (Å²) in [6.07, 6.45) is 12.0. The van der Waals surface area contributed by atoms with Gasteiger partial charge in [0, 0.05) is 18.9 Å². The van der Waals surface area contributed by atoms with E-state index in [2.05, 4.69) is 27.7 Å². The summed E-state index contributed by atoms with van der Waals surface area (Å²) in [5.41, 5.74) is 1.76. The van der Waals surface area contributed by atoms with E-state index in [0.717, 1.165) is 48.8 Å². The fraction of sp³-hybridized carbons (Fsp3) is 0.926. The van der Waals surface area contributed by atoms with E-state index in [1.54, 1.807) is 0 Å². The van der Waals surface area contributed by atoms with Gasteiger partial charge in [0.25, 0.3) is 0 Å². The highest BCUT2D eigenvalue weighted by Gasteiger charge is 2.61. The lowest BCUT2D eigenvalue weighted by molar-refractivity contribution is -0.128. The largest absolute Gasteiger partial charge is 0.393 e. The SMILES string of the molecule is C[C@H]1CN=C([C@@H](C)[C@H]2CC[C@H]3[C@@H]4CC[C@H]5C[C@@H](O)CC[C@]5(C)[C@H]4CC[C@]23C)C(=O)C1. The van der Waals surface area contributed by atoms with Crippen LogP contribution in [0.25, 0.3) is 0 Å². The minimum atomic E-state index is -0.0540. The first kappa shape index (κ1) is 21.2. The summed E-state index contributed by atoms with van der Waals surface area (Å²) in [7, 11) is 0. The maximum absolute atomic E-state index is 12.8. The molecule has 0 radical (unpaired) electrons. The maximum Gasteiger partial charge on any atom is 0.177 e. The number of aliphatic imine (C=N–C) groups is 1. The molecule has 0 amide bonds. The Balaban J connectivity index is 1.37. The number of hydrogen-bond donors (Lipinski definition) is 1. The molecule has 1 N–H and O–H groups in total. The van der Waals surface area contributed by atoms with Crippen LogP contribution in [-0.4, -0.2) is 29.3 Å². The molecule has 4 aliphatic carbocycles. The summed E-state index contributed by atoms with van der Waals surface area (Å²) >= 11 is 0. The van der Waals surface area contributed by atoms with E-state index in [0.29, 0.717) is 40.8 Å². The molecule has 4 fully saturated rings. The van der Waals surface area contributed by atoms with Gasteiger partial charge in [-0.25, -0.2) is 0 Å². The lowest BCUT2D eigenvalue weighted by Gasteiger charge is -2.61. The summed E-state index contributed by atoms with van der Waals surface area (Å²) in [5.74, 6) is 4.97. The third kappa shape index (κ3) is 3.08.